The second-order valence-corrected chi connectivity index (χ2v) is 5.41. The summed E-state index contributed by atoms with van der Waals surface area (Å²) >= 11 is 5.87. The highest BCUT2D eigenvalue weighted by Crippen LogP contribution is 2.46. The highest BCUT2D eigenvalue weighted by atomic mass is 35.5. The van der Waals surface area contributed by atoms with E-state index in [1.54, 1.807) is 43.3 Å². The van der Waals surface area contributed by atoms with Gasteiger partial charge in [-0.05, 0) is 19.1 Å². The quantitative estimate of drug-likeness (QED) is 0.776. The van der Waals surface area contributed by atoms with Crippen LogP contribution in [0.5, 0.6) is 5.75 Å². The largest absolute Gasteiger partial charge is 0.459 e. The summed E-state index contributed by atoms with van der Waals surface area (Å²) < 4.78 is 19.5. The molecule has 3 rings (SSSR count). The van der Waals surface area contributed by atoms with Crippen LogP contribution in [-0.4, -0.2) is 12.1 Å². The van der Waals surface area contributed by atoms with Gasteiger partial charge in [-0.25, -0.2) is 4.39 Å². The highest BCUT2D eigenvalue weighted by molar-refractivity contribution is 6.30. The van der Waals surface area contributed by atoms with E-state index in [4.69, 9.17) is 16.3 Å². The molecule has 1 aliphatic rings. The zero-order chi connectivity index (χ0) is 14.3. The number of hydrogen-bond donors (Lipinski definition) is 0. The Kier molecular flexibility index (Phi) is 3.02. The average Bonchev–Trinajstić information content (AvgIpc) is 2.71. The van der Waals surface area contributed by atoms with Crippen molar-refractivity contribution in [2.45, 2.75) is 18.7 Å². The maximum Gasteiger partial charge on any atom is 0.255 e. The molecule has 2 aromatic rings. The summed E-state index contributed by atoms with van der Waals surface area (Å²) in [5, 5.41) is 0.451. The van der Waals surface area contributed by atoms with E-state index in [9.17, 15) is 9.18 Å². The molecule has 0 aromatic heterocycles. The average molecular weight is 291 g/mol. The van der Waals surface area contributed by atoms with Crippen LogP contribution < -0.4 is 4.74 Å². The molecule has 0 radical (unpaired) electrons. The van der Waals surface area contributed by atoms with Crippen LogP contribution in [0.2, 0.25) is 5.02 Å². The van der Waals surface area contributed by atoms with Gasteiger partial charge in [-0.1, -0.05) is 48.0 Å². The number of alkyl halides is 1. The number of carbonyl (C=O) groups is 1. The van der Waals surface area contributed by atoms with Crippen LogP contribution in [-0.2, 0) is 5.41 Å². The Morgan fingerprint density at radius 1 is 1.25 bits per heavy atom. The Labute approximate surface area is 121 Å². The molecule has 2 aromatic carbocycles. The normalized spacial score (nSPS) is 24.1. The molecule has 0 saturated heterocycles. The lowest BCUT2D eigenvalue weighted by Crippen LogP contribution is -2.40. The van der Waals surface area contributed by atoms with E-state index in [1.165, 1.54) is 6.07 Å². The SMILES string of the molecule is C[C@@]1(C(=O)c2ccccc2)c2ccc(Cl)cc2O[C@H]1F. The van der Waals surface area contributed by atoms with Gasteiger partial charge in [0.2, 0.25) is 0 Å². The molecule has 1 aliphatic heterocycles. The van der Waals surface area contributed by atoms with Crippen molar-refractivity contribution >= 4 is 17.4 Å². The summed E-state index contributed by atoms with van der Waals surface area (Å²) in [6, 6.07) is 13.5. The zero-order valence-corrected chi connectivity index (χ0v) is 11.5. The summed E-state index contributed by atoms with van der Waals surface area (Å²) in [6.45, 7) is 1.56. The van der Waals surface area contributed by atoms with Crippen molar-refractivity contribution in [3.8, 4) is 5.75 Å². The van der Waals surface area contributed by atoms with Gasteiger partial charge in [0.15, 0.2) is 5.78 Å². The first-order valence-corrected chi connectivity index (χ1v) is 6.62. The first kappa shape index (κ1) is 13.1. The molecule has 2 nitrogen and oxygen atoms in total. The van der Waals surface area contributed by atoms with Gasteiger partial charge in [0.25, 0.3) is 6.36 Å². The molecule has 0 saturated carbocycles. The van der Waals surface area contributed by atoms with Crippen molar-refractivity contribution in [2.24, 2.45) is 0 Å². The molecule has 0 bridgehead atoms. The molecule has 1 heterocycles. The topological polar surface area (TPSA) is 26.3 Å². The van der Waals surface area contributed by atoms with Gasteiger partial charge >= 0.3 is 0 Å². The number of carbonyl (C=O) groups excluding carboxylic acids is 1. The predicted molar refractivity (Wildman–Crippen MR) is 75.1 cm³/mol. The minimum Gasteiger partial charge on any atom is -0.459 e. The number of Topliss-reactive ketones (excluding diaryl/α,β-unsaturated/α-hetero) is 1. The number of benzene rings is 2. The maximum atomic E-state index is 14.3. The Hall–Kier alpha value is -1.87. The van der Waals surface area contributed by atoms with Crippen molar-refractivity contribution in [1.82, 2.24) is 0 Å². The minimum atomic E-state index is -1.72. The van der Waals surface area contributed by atoms with E-state index in [0.717, 1.165) is 0 Å². The molecule has 0 aliphatic carbocycles. The third kappa shape index (κ3) is 1.81. The molecular weight excluding hydrogens is 279 g/mol. The molecule has 0 spiro atoms. The number of ketones is 1. The van der Waals surface area contributed by atoms with Crippen molar-refractivity contribution in [1.29, 1.82) is 0 Å². The molecular formula is C16H12ClFO2. The smallest absolute Gasteiger partial charge is 0.255 e. The minimum absolute atomic E-state index is 0.299. The maximum absolute atomic E-state index is 14.3. The fourth-order valence-electron chi connectivity index (χ4n) is 2.49. The molecule has 0 fully saturated rings. The lowest BCUT2D eigenvalue weighted by molar-refractivity contribution is 0.0266. The second-order valence-electron chi connectivity index (χ2n) is 4.97. The van der Waals surface area contributed by atoms with E-state index in [0.29, 0.717) is 21.9 Å². The van der Waals surface area contributed by atoms with Gasteiger partial charge < -0.3 is 4.74 Å². The van der Waals surface area contributed by atoms with Gasteiger partial charge in [0.1, 0.15) is 11.2 Å². The molecule has 0 amide bonds. The predicted octanol–water partition coefficient (Wildman–Crippen LogP) is 4.17. The molecule has 0 unspecified atom stereocenters. The fraction of sp³-hybridized carbons (Fsp3) is 0.188. The van der Waals surface area contributed by atoms with Crippen LogP contribution in [0.25, 0.3) is 0 Å². The first-order chi connectivity index (χ1) is 9.53. The Bertz CT molecular complexity index is 671. The number of rotatable bonds is 2. The zero-order valence-electron chi connectivity index (χ0n) is 10.8. The Morgan fingerprint density at radius 2 is 1.95 bits per heavy atom. The highest BCUT2D eigenvalue weighted by Gasteiger charge is 2.51. The summed E-state index contributed by atoms with van der Waals surface area (Å²) in [4.78, 5) is 12.7. The van der Waals surface area contributed by atoms with Gasteiger partial charge in [0, 0.05) is 16.1 Å². The third-order valence-electron chi connectivity index (χ3n) is 3.70. The van der Waals surface area contributed by atoms with Crippen LogP contribution in [0, 0.1) is 0 Å². The van der Waals surface area contributed by atoms with Crippen LogP contribution in [0.1, 0.15) is 22.8 Å². The van der Waals surface area contributed by atoms with E-state index in [1.807, 2.05) is 6.07 Å². The van der Waals surface area contributed by atoms with E-state index >= 15 is 0 Å². The fourth-order valence-corrected chi connectivity index (χ4v) is 2.65. The molecule has 0 N–H and O–H groups in total. The van der Waals surface area contributed by atoms with Crippen LogP contribution in [0.15, 0.2) is 48.5 Å². The van der Waals surface area contributed by atoms with Crippen LogP contribution in [0.3, 0.4) is 0 Å². The molecule has 102 valence electrons. The molecule has 2 atom stereocenters. The lowest BCUT2D eigenvalue weighted by atomic mass is 9.77. The van der Waals surface area contributed by atoms with Gasteiger partial charge in [-0.15, -0.1) is 0 Å². The summed E-state index contributed by atoms with van der Waals surface area (Å²) in [5.74, 6) is 0.0310. The van der Waals surface area contributed by atoms with Gasteiger partial charge in [0.05, 0.1) is 0 Å². The monoisotopic (exact) mass is 290 g/mol. The standard InChI is InChI=1S/C16H12ClFO2/c1-16(14(19)10-5-3-2-4-6-10)12-8-7-11(17)9-13(12)20-15(16)18/h2-9,15H,1H3/t15-,16+/m1/s1. The third-order valence-corrected chi connectivity index (χ3v) is 3.93. The number of hydrogen-bond acceptors (Lipinski definition) is 2. The number of fused-ring (bicyclic) bond motifs is 1. The van der Waals surface area contributed by atoms with Crippen molar-refractivity contribution < 1.29 is 13.9 Å². The molecule has 20 heavy (non-hydrogen) atoms. The van der Waals surface area contributed by atoms with Crippen LogP contribution in [0.4, 0.5) is 4.39 Å². The Morgan fingerprint density at radius 3 is 2.65 bits per heavy atom. The van der Waals surface area contributed by atoms with Gasteiger partial charge in [-0.2, -0.15) is 0 Å². The van der Waals surface area contributed by atoms with Gasteiger partial charge in [-0.3, -0.25) is 4.79 Å². The van der Waals surface area contributed by atoms with Crippen molar-refractivity contribution in [3.05, 3.63) is 64.7 Å². The summed E-state index contributed by atoms with van der Waals surface area (Å²) in [7, 11) is 0. The number of ether oxygens (including phenoxy) is 1. The summed E-state index contributed by atoms with van der Waals surface area (Å²) in [5.41, 5.74) is -0.353. The van der Waals surface area contributed by atoms with Crippen LogP contribution >= 0.6 is 11.6 Å². The van der Waals surface area contributed by atoms with E-state index < -0.39 is 11.8 Å². The van der Waals surface area contributed by atoms with Crippen molar-refractivity contribution in [2.75, 3.05) is 0 Å². The Balaban J connectivity index is 2.11. The molecule has 4 heteroatoms. The van der Waals surface area contributed by atoms with E-state index in [2.05, 4.69) is 0 Å². The lowest BCUT2D eigenvalue weighted by Gasteiger charge is -2.23. The second kappa shape index (κ2) is 4.60. The van der Waals surface area contributed by atoms with Crippen molar-refractivity contribution in [3.63, 3.8) is 0 Å². The first-order valence-electron chi connectivity index (χ1n) is 6.24. The number of halogens is 2. The van der Waals surface area contributed by atoms with E-state index in [-0.39, 0.29) is 5.78 Å². The summed E-state index contributed by atoms with van der Waals surface area (Å²) in [6.07, 6.45) is -1.72.